The van der Waals surface area contributed by atoms with Crippen molar-refractivity contribution in [2.24, 2.45) is 11.8 Å². The van der Waals surface area contributed by atoms with Crippen LogP contribution in [0.1, 0.15) is 78.4 Å². The van der Waals surface area contributed by atoms with Crippen molar-refractivity contribution in [2.75, 3.05) is 26.2 Å². The van der Waals surface area contributed by atoms with Crippen molar-refractivity contribution >= 4 is 17.2 Å². The predicted octanol–water partition coefficient (Wildman–Crippen LogP) is 10.8. The molecule has 47 heavy (non-hydrogen) atoms. The van der Waals surface area contributed by atoms with Crippen molar-refractivity contribution in [3.8, 4) is 22.3 Å². The number of nitrogens with one attached hydrogen (secondary N) is 2. The summed E-state index contributed by atoms with van der Waals surface area (Å²) in [5.41, 5.74) is 8.83. The predicted molar refractivity (Wildman–Crippen MR) is 208 cm³/mol. The van der Waals surface area contributed by atoms with Crippen LogP contribution in [0.3, 0.4) is 0 Å². The van der Waals surface area contributed by atoms with Crippen LogP contribution in [0.2, 0.25) is 0 Å². The zero-order valence-corrected chi connectivity index (χ0v) is 32.8. The van der Waals surface area contributed by atoms with Crippen LogP contribution >= 0.6 is 17.2 Å². The van der Waals surface area contributed by atoms with Crippen LogP contribution in [0.15, 0.2) is 97.1 Å². The molecule has 0 aliphatic carbocycles. The summed E-state index contributed by atoms with van der Waals surface area (Å²) >= 11 is 0. The summed E-state index contributed by atoms with van der Waals surface area (Å²) in [7, 11) is 3.24. The molecule has 0 aromatic heterocycles. The molecule has 4 aromatic carbocycles. The van der Waals surface area contributed by atoms with E-state index in [-0.39, 0.29) is 40.5 Å². The minimum absolute atomic E-state index is 0. The average Bonchev–Trinajstić information content (AvgIpc) is 3.77. The molecule has 2 saturated heterocycles. The molecule has 0 bridgehead atoms. The van der Waals surface area contributed by atoms with E-state index in [0.717, 1.165) is 32.3 Å². The fraction of sp³-hybridized carbons (Fsp3) is 0.476. The topological polar surface area (TPSA) is 24.1 Å². The van der Waals surface area contributed by atoms with Gasteiger partial charge in [0.1, 0.15) is 0 Å². The first-order chi connectivity index (χ1) is 22.0. The first kappa shape index (κ1) is 38.2. The Bertz CT molecular complexity index is 1400. The van der Waals surface area contributed by atoms with E-state index in [2.05, 4.69) is 128 Å². The summed E-state index contributed by atoms with van der Waals surface area (Å²) in [4.78, 5) is 0. The molecule has 4 aromatic rings. The Morgan fingerprint density at radius 2 is 1.17 bits per heavy atom. The normalized spacial score (nSPS) is 20.1. The van der Waals surface area contributed by atoms with Gasteiger partial charge in [-0.15, -0.1) is 39.4 Å². The smallest absolute Gasteiger partial charge is 0.000583 e. The number of piperidine rings is 2. The maximum absolute atomic E-state index is 3.81. The van der Waals surface area contributed by atoms with Crippen molar-refractivity contribution in [1.82, 2.24) is 10.6 Å². The Hall–Kier alpha value is -1.56. The van der Waals surface area contributed by atoms with Gasteiger partial charge in [-0.3, -0.25) is 0 Å². The van der Waals surface area contributed by atoms with E-state index in [4.69, 9.17) is 0 Å². The van der Waals surface area contributed by atoms with Crippen molar-refractivity contribution in [3.05, 3.63) is 108 Å². The number of hydrogen-bond donors (Lipinski definition) is 2. The fourth-order valence-electron chi connectivity index (χ4n) is 8.18. The number of hydrogen-bond acceptors (Lipinski definition) is 2. The van der Waals surface area contributed by atoms with Gasteiger partial charge in [0.2, 0.25) is 0 Å². The molecular weight excluding hydrogens is 650 g/mol. The van der Waals surface area contributed by atoms with Gasteiger partial charge in [0.15, 0.2) is 0 Å². The van der Waals surface area contributed by atoms with Crippen LogP contribution in [0.25, 0.3) is 22.3 Å². The van der Waals surface area contributed by atoms with Crippen molar-refractivity contribution < 1.29 is 17.1 Å². The van der Waals surface area contributed by atoms with Crippen molar-refractivity contribution in [1.29, 1.82) is 0 Å². The number of rotatable bonds is 7. The summed E-state index contributed by atoms with van der Waals surface area (Å²) in [5, 5.41) is 8.17. The Labute approximate surface area is 300 Å². The van der Waals surface area contributed by atoms with Gasteiger partial charge in [-0.05, 0) is 80.2 Å². The monoisotopic (exact) mass is 708 g/mol. The Kier molecular flexibility index (Phi) is 13.8. The zero-order valence-electron chi connectivity index (χ0n) is 29.6. The third-order valence-corrected chi connectivity index (χ3v) is 15.4. The average molecular weight is 709 g/mol. The third kappa shape index (κ3) is 9.17. The molecule has 2 N–H and O–H groups in total. The van der Waals surface area contributed by atoms with Crippen LogP contribution in [0.5, 0.6) is 0 Å². The molecule has 3 unspecified atom stereocenters. The molecule has 0 spiro atoms. The number of benzene rings is 2. The summed E-state index contributed by atoms with van der Waals surface area (Å²) < 4.78 is 0. The molecule has 0 saturated carbocycles. The summed E-state index contributed by atoms with van der Waals surface area (Å²) in [6.45, 7) is 19.4. The molecular formula is C42H58FeN2P2-6. The fourth-order valence-corrected chi connectivity index (χ4v) is 12.6. The van der Waals surface area contributed by atoms with Gasteiger partial charge in [-0.25, -0.2) is 0 Å². The SMILES string of the molecule is CC(C)(C)P(C[c-]1c(C(P)(C2CCCNC2)C2CCCNC2)cc(-c2ccccc2)c1-c1ccccc1)C(C)(C)C.[Fe].[cH-]1[cH-][cH-][cH-][cH-]1. The van der Waals surface area contributed by atoms with E-state index >= 15 is 0 Å². The Morgan fingerprint density at radius 1 is 0.723 bits per heavy atom. The van der Waals surface area contributed by atoms with Gasteiger partial charge in [0, 0.05) is 22.2 Å². The zero-order chi connectivity index (χ0) is 32.8. The van der Waals surface area contributed by atoms with Crippen LogP contribution in [0.4, 0.5) is 0 Å². The van der Waals surface area contributed by atoms with E-state index in [0.29, 0.717) is 11.8 Å². The van der Waals surface area contributed by atoms with Crippen molar-refractivity contribution in [3.63, 3.8) is 0 Å². The quantitative estimate of drug-likeness (QED) is 0.113. The van der Waals surface area contributed by atoms with Gasteiger partial charge in [0.25, 0.3) is 0 Å². The van der Waals surface area contributed by atoms with Crippen LogP contribution in [-0.4, -0.2) is 36.5 Å². The Morgan fingerprint density at radius 3 is 1.57 bits per heavy atom. The molecule has 2 fully saturated rings. The second-order valence-corrected chi connectivity index (χ2v) is 20.3. The van der Waals surface area contributed by atoms with E-state index in [1.165, 1.54) is 47.9 Å². The van der Waals surface area contributed by atoms with Gasteiger partial charge in [-0.2, -0.15) is 6.07 Å². The van der Waals surface area contributed by atoms with Gasteiger partial charge < -0.3 is 41.0 Å². The molecule has 0 radical (unpaired) electrons. The van der Waals surface area contributed by atoms with Gasteiger partial charge >= 0.3 is 0 Å². The van der Waals surface area contributed by atoms with Crippen LogP contribution in [-0.2, 0) is 28.4 Å². The Balaban J connectivity index is 0.000000762. The molecule has 260 valence electrons. The largest absolute Gasteiger partial charge is 0.748 e. The molecule has 2 heterocycles. The minimum atomic E-state index is -0.320. The third-order valence-electron chi connectivity index (χ3n) is 10.2. The molecule has 2 nitrogen and oxygen atoms in total. The van der Waals surface area contributed by atoms with Crippen LogP contribution in [0, 0.1) is 11.8 Å². The minimum Gasteiger partial charge on any atom is -0.748 e. The molecule has 2 aliphatic rings. The second kappa shape index (κ2) is 16.9. The standard InChI is InChI=1S/C37H53N2P2.C5H5.Fe/c1-35(2,3)41(36(4,5)6)26-32-33(37(40,29-19-13-21-38-24-29)30-20-14-22-39-25-30)23-31(27-15-9-7-10-16-27)34(32)28-17-11-8-12-18-28;1-2-4-5-3-1;/h7-12,15-18,23,29-30,38-39H,13-14,19-22,24-26,40H2,1-6H3;1-5H;/q-1;-5;. The second-order valence-electron chi connectivity index (χ2n) is 15.5. The maximum atomic E-state index is 3.81. The van der Waals surface area contributed by atoms with Crippen LogP contribution < -0.4 is 10.6 Å². The molecule has 3 atom stereocenters. The van der Waals surface area contributed by atoms with Gasteiger partial charge in [0.05, 0.1) is 0 Å². The van der Waals surface area contributed by atoms with E-state index in [1.807, 2.05) is 30.3 Å². The van der Waals surface area contributed by atoms with E-state index < -0.39 is 0 Å². The molecule has 0 amide bonds. The summed E-state index contributed by atoms with van der Waals surface area (Å²) in [6.07, 6.45) is 6.29. The first-order valence-corrected chi connectivity index (χ1v) is 19.7. The summed E-state index contributed by atoms with van der Waals surface area (Å²) in [6, 6.07) is 35.2. The molecule has 6 rings (SSSR count). The first-order valence-electron chi connectivity index (χ1n) is 17.6. The summed E-state index contributed by atoms with van der Waals surface area (Å²) in [5.74, 6) is 1.21. The van der Waals surface area contributed by atoms with E-state index in [1.54, 1.807) is 11.1 Å². The molecule has 5 heteroatoms. The van der Waals surface area contributed by atoms with Gasteiger partial charge in [-0.1, -0.05) is 113 Å². The maximum Gasteiger partial charge on any atom is 0.000583 e. The molecule has 2 aliphatic heterocycles. The van der Waals surface area contributed by atoms with E-state index in [9.17, 15) is 0 Å². The van der Waals surface area contributed by atoms with Crippen molar-refractivity contribution in [2.45, 2.75) is 88.9 Å².